The van der Waals surface area contributed by atoms with E-state index in [2.05, 4.69) is 15.9 Å². The summed E-state index contributed by atoms with van der Waals surface area (Å²) in [7, 11) is 0. The highest BCUT2D eigenvalue weighted by molar-refractivity contribution is 9.08. The van der Waals surface area contributed by atoms with Crippen molar-refractivity contribution in [1.82, 2.24) is 0 Å². The number of hydrogen-bond donors (Lipinski definition) is 0. The second kappa shape index (κ2) is 3.93. The minimum Gasteiger partial charge on any atom is -0.166 e. The van der Waals surface area contributed by atoms with Crippen molar-refractivity contribution in [2.75, 3.05) is 0 Å². The first-order chi connectivity index (χ1) is 6.36. The normalized spacial score (nSPS) is 11.9. The van der Waals surface area contributed by atoms with Gasteiger partial charge >= 0.3 is 6.18 Å². The summed E-state index contributed by atoms with van der Waals surface area (Å²) in [6, 6.07) is 2.95. The molecule has 0 N–H and O–H groups in total. The number of rotatable bonds is 1. The van der Waals surface area contributed by atoms with E-state index in [1.54, 1.807) is 13.0 Å². The Kier molecular flexibility index (Phi) is 3.24. The van der Waals surface area contributed by atoms with Crippen LogP contribution in [0.1, 0.15) is 22.3 Å². The van der Waals surface area contributed by atoms with Crippen LogP contribution in [0.15, 0.2) is 12.1 Å². The molecular formula is C10H10BrF3. The summed E-state index contributed by atoms with van der Waals surface area (Å²) >= 11 is 3.18. The SMILES string of the molecule is Cc1cc(CBr)c(C)c(C(F)(F)F)c1. The van der Waals surface area contributed by atoms with Gasteiger partial charge in [-0.3, -0.25) is 0 Å². The fraction of sp³-hybridized carbons (Fsp3) is 0.400. The number of hydrogen-bond acceptors (Lipinski definition) is 0. The fourth-order valence-corrected chi connectivity index (χ4v) is 1.95. The highest BCUT2D eigenvalue weighted by Gasteiger charge is 2.33. The molecule has 1 rings (SSSR count). The van der Waals surface area contributed by atoms with Gasteiger partial charge < -0.3 is 0 Å². The van der Waals surface area contributed by atoms with Crippen LogP contribution < -0.4 is 0 Å². The predicted octanol–water partition coefficient (Wildman–Crippen LogP) is 4.22. The van der Waals surface area contributed by atoms with Crippen LogP contribution in [0.5, 0.6) is 0 Å². The van der Waals surface area contributed by atoms with Crippen molar-refractivity contribution < 1.29 is 13.2 Å². The lowest BCUT2D eigenvalue weighted by Crippen LogP contribution is -2.09. The standard InChI is InChI=1S/C10H10BrF3/c1-6-3-8(5-11)7(2)9(4-6)10(12,13)14/h3-4H,5H2,1-2H3. The average Bonchev–Trinajstić information content (AvgIpc) is 2.06. The molecule has 0 spiro atoms. The Morgan fingerprint density at radius 2 is 1.79 bits per heavy atom. The zero-order valence-electron chi connectivity index (χ0n) is 7.87. The molecule has 78 valence electrons. The minimum atomic E-state index is -4.26. The van der Waals surface area contributed by atoms with Crippen molar-refractivity contribution >= 4 is 15.9 Å². The van der Waals surface area contributed by atoms with Crippen molar-refractivity contribution in [1.29, 1.82) is 0 Å². The lowest BCUT2D eigenvalue weighted by atomic mass is 10.00. The van der Waals surface area contributed by atoms with Gasteiger partial charge in [0.05, 0.1) is 5.56 Å². The maximum atomic E-state index is 12.5. The maximum Gasteiger partial charge on any atom is 0.416 e. The third-order valence-electron chi connectivity index (χ3n) is 2.11. The lowest BCUT2D eigenvalue weighted by molar-refractivity contribution is -0.138. The van der Waals surface area contributed by atoms with Gasteiger partial charge in [0.25, 0.3) is 0 Å². The van der Waals surface area contributed by atoms with E-state index in [1.165, 1.54) is 13.0 Å². The van der Waals surface area contributed by atoms with Crippen LogP contribution in [0.3, 0.4) is 0 Å². The smallest absolute Gasteiger partial charge is 0.166 e. The lowest BCUT2D eigenvalue weighted by Gasteiger charge is -2.14. The van der Waals surface area contributed by atoms with E-state index in [0.29, 0.717) is 22.0 Å². The number of alkyl halides is 4. The van der Waals surface area contributed by atoms with Crippen LogP contribution in [0.4, 0.5) is 13.2 Å². The number of benzene rings is 1. The molecular weight excluding hydrogens is 257 g/mol. The first-order valence-corrected chi connectivity index (χ1v) is 5.21. The van der Waals surface area contributed by atoms with E-state index >= 15 is 0 Å². The molecule has 0 fully saturated rings. The van der Waals surface area contributed by atoms with Gasteiger partial charge in [-0.1, -0.05) is 27.6 Å². The molecule has 1 aromatic carbocycles. The van der Waals surface area contributed by atoms with E-state index in [-0.39, 0.29) is 0 Å². The average molecular weight is 267 g/mol. The molecule has 0 heterocycles. The first kappa shape index (κ1) is 11.6. The Bertz CT molecular complexity index is 342. The number of halogens is 4. The van der Waals surface area contributed by atoms with E-state index in [1.807, 2.05) is 0 Å². The van der Waals surface area contributed by atoms with Gasteiger partial charge in [-0.05, 0) is 31.0 Å². The fourth-order valence-electron chi connectivity index (χ4n) is 1.37. The number of aryl methyl sites for hydroxylation is 1. The highest BCUT2D eigenvalue weighted by atomic mass is 79.9. The molecule has 0 amide bonds. The van der Waals surface area contributed by atoms with Crippen molar-refractivity contribution in [3.05, 3.63) is 34.4 Å². The van der Waals surface area contributed by atoms with Gasteiger partial charge in [-0.2, -0.15) is 13.2 Å². The summed E-state index contributed by atoms with van der Waals surface area (Å²) in [6.07, 6.45) is -4.26. The van der Waals surface area contributed by atoms with Gasteiger partial charge in [-0.15, -0.1) is 0 Å². The second-order valence-corrected chi connectivity index (χ2v) is 3.79. The molecule has 0 aromatic heterocycles. The summed E-state index contributed by atoms with van der Waals surface area (Å²) in [5.41, 5.74) is 1.10. The minimum absolute atomic E-state index is 0.306. The van der Waals surface area contributed by atoms with Gasteiger partial charge in [-0.25, -0.2) is 0 Å². The Balaban J connectivity index is 3.37. The molecule has 0 atom stereocenters. The second-order valence-electron chi connectivity index (χ2n) is 3.23. The van der Waals surface area contributed by atoms with Crippen LogP contribution >= 0.6 is 15.9 Å². The summed E-state index contributed by atoms with van der Waals surface area (Å²) in [5, 5.41) is 0.448. The van der Waals surface area contributed by atoms with Crippen LogP contribution in [-0.4, -0.2) is 0 Å². The Morgan fingerprint density at radius 3 is 2.21 bits per heavy atom. The molecule has 4 heteroatoms. The molecule has 0 saturated carbocycles. The molecule has 14 heavy (non-hydrogen) atoms. The Morgan fingerprint density at radius 1 is 1.21 bits per heavy atom. The molecule has 0 radical (unpaired) electrons. The van der Waals surface area contributed by atoms with Gasteiger partial charge in [0.1, 0.15) is 0 Å². The van der Waals surface area contributed by atoms with E-state index < -0.39 is 11.7 Å². The Labute approximate surface area is 89.3 Å². The van der Waals surface area contributed by atoms with Crippen LogP contribution in [0.25, 0.3) is 0 Å². The monoisotopic (exact) mass is 266 g/mol. The molecule has 0 saturated heterocycles. The molecule has 0 bridgehead atoms. The van der Waals surface area contributed by atoms with E-state index in [4.69, 9.17) is 0 Å². The summed E-state index contributed by atoms with van der Waals surface area (Å²) in [6.45, 7) is 3.17. The molecule has 1 aromatic rings. The third kappa shape index (κ3) is 2.29. The quantitative estimate of drug-likeness (QED) is 0.668. The predicted molar refractivity (Wildman–Crippen MR) is 53.5 cm³/mol. The highest BCUT2D eigenvalue weighted by Crippen LogP contribution is 2.34. The van der Waals surface area contributed by atoms with Gasteiger partial charge in [0, 0.05) is 5.33 Å². The molecule has 0 aliphatic carbocycles. The van der Waals surface area contributed by atoms with Crippen molar-refractivity contribution in [3.8, 4) is 0 Å². The van der Waals surface area contributed by atoms with Gasteiger partial charge in [0.2, 0.25) is 0 Å². The van der Waals surface area contributed by atoms with Crippen LogP contribution in [0, 0.1) is 13.8 Å². The molecule has 0 nitrogen and oxygen atoms in total. The van der Waals surface area contributed by atoms with Gasteiger partial charge in [0.15, 0.2) is 0 Å². The zero-order chi connectivity index (χ0) is 10.9. The van der Waals surface area contributed by atoms with Crippen molar-refractivity contribution in [3.63, 3.8) is 0 Å². The summed E-state index contributed by atoms with van der Waals surface area (Å²) in [4.78, 5) is 0. The summed E-state index contributed by atoms with van der Waals surface area (Å²) < 4.78 is 37.6. The molecule has 0 aliphatic heterocycles. The van der Waals surface area contributed by atoms with Crippen LogP contribution in [-0.2, 0) is 11.5 Å². The maximum absolute atomic E-state index is 12.5. The largest absolute Gasteiger partial charge is 0.416 e. The first-order valence-electron chi connectivity index (χ1n) is 4.09. The molecule has 0 unspecified atom stereocenters. The van der Waals surface area contributed by atoms with E-state index in [9.17, 15) is 13.2 Å². The zero-order valence-corrected chi connectivity index (χ0v) is 9.46. The van der Waals surface area contributed by atoms with Crippen LogP contribution in [0.2, 0.25) is 0 Å². The summed E-state index contributed by atoms with van der Waals surface area (Å²) in [5.74, 6) is 0. The third-order valence-corrected chi connectivity index (χ3v) is 2.71. The van der Waals surface area contributed by atoms with E-state index in [0.717, 1.165) is 0 Å². The molecule has 0 aliphatic rings. The Hall–Kier alpha value is -0.510. The van der Waals surface area contributed by atoms with Crippen molar-refractivity contribution in [2.45, 2.75) is 25.4 Å². The topological polar surface area (TPSA) is 0 Å². The van der Waals surface area contributed by atoms with Crippen molar-refractivity contribution in [2.24, 2.45) is 0 Å².